The Morgan fingerprint density at radius 1 is 1.36 bits per heavy atom. The molecule has 2 N–H and O–H groups in total. The number of para-hydroxylation sites is 1. The summed E-state index contributed by atoms with van der Waals surface area (Å²) in [4.78, 5) is 4.46. The van der Waals surface area contributed by atoms with Gasteiger partial charge in [0.25, 0.3) is 0 Å². The number of rotatable bonds is 2. The molecule has 14 heavy (non-hydrogen) atoms. The van der Waals surface area contributed by atoms with E-state index in [1.165, 1.54) is 10.9 Å². The van der Waals surface area contributed by atoms with E-state index in [9.17, 15) is 0 Å². The van der Waals surface area contributed by atoms with Crippen LogP contribution in [0.1, 0.15) is 11.3 Å². The number of fused-ring (bicyclic) bond motifs is 1. The molecule has 0 atom stereocenters. The van der Waals surface area contributed by atoms with Gasteiger partial charge in [0, 0.05) is 17.6 Å². The van der Waals surface area contributed by atoms with Gasteiger partial charge in [0.15, 0.2) is 0 Å². The van der Waals surface area contributed by atoms with E-state index in [2.05, 4.69) is 17.1 Å². The molecule has 0 unspecified atom stereocenters. The Morgan fingerprint density at radius 3 is 2.93 bits per heavy atom. The predicted octanol–water partition coefficient (Wildman–Crippen LogP) is 2.21. The lowest BCUT2D eigenvalue weighted by atomic mass is 10.1. The molecule has 1 heterocycles. The van der Waals surface area contributed by atoms with E-state index in [4.69, 9.17) is 5.73 Å². The lowest BCUT2D eigenvalue weighted by Gasteiger charge is -2.05. The monoisotopic (exact) mass is 185 g/mol. The number of benzene rings is 1. The minimum Gasteiger partial charge on any atom is -0.326 e. The minimum absolute atomic E-state index is 0.796. The Hall–Kier alpha value is -1.41. The summed E-state index contributed by atoms with van der Waals surface area (Å²) in [5.74, 6) is 0. The van der Waals surface area contributed by atoms with Gasteiger partial charge in [-0.1, -0.05) is 18.2 Å². The maximum atomic E-state index is 5.46. The van der Waals surface area contributed by atoms with Crippen LogP contribution in [0.4, 0.5) is 0 Å². The van der Waals surface area contributed by atoms with Crippen molar-refractivity contribution in [1.82, 2.24) is 4.98 Å². The molecule has 2 rings (SSSR count). The molecule has 0 aliphatic carbocycles. The third-order valence-electron chi connectivity index (χ3n) is 2.27. The first-order chi connectivity index (χ1) is 6.81. The Balaban J connectivity index is 2.67. The zero-order chi connectivity index (χ0) is 9.97. The molecule has 1 radical (unpaired) electrons. The van der Waals surface area contributed by atoms with E-state index in [0.717, 1.165) is 17.6 Å². The van der Waals surface area contributed by atoms with Crippen LogP contribution in [0.15, 0.2) is 30.3 Å². The van der Waals surface area contributed by atoms with Crippen LogP contribution in [-0.2, 0) is 6.42 Å². The average molecular weight is 185 g/mol. The lowest BCUT2D eigenvalue weighted by molar-refractivity contribution is 1.10. The molecule has 0 fully saturated rings. The molecule has 1 aromatic heterocycles. The minimum atomic E-state index is 0.796. The van der Waals surface area contributed by atoms with Crippen LogP contribution in [0.3, 0.4) is 0 Å². The summed E-state index contributed by atoms with van der Waals surface area (Å²) in [6, 6.07) is 10.2. The van der Waals surface area contributed by atoms with Crippen molar-refractivity contribution in [3.8, 4) is 0 Å². The Bertz CT molecular complexity index is 449. The quantitative estimate of drug-likeness (QED) is 0.779. The first-order valence-electron chi connectivity index (χ1n) is 4.70. The number of aromatic nitrogens is 1. The molecule has 71 valence electrons. The van der Waals surface area contributed by atoms with Gasteiger partial charge >= 0.3 is 0 Å². The van der Waals surface area contributed by atoms with Crippen molar-refractivity contribution in [3.05, 3.63) is 48.1 Å². The van der Waals surface area contributed by atoms with Gasteiger partial charge in [0.1, 0.15) is 0 Å². The molecule has 2 aromatic rings. The maximum absolute atomic E-state index is 5.46. The van der Waals surface area contributed by atoms with Crippen LogP contribution >= 0.6 is 0 Å². The molecular weight excluding hydrogens is 172 g/mol. The van der Waals surface area contributed by atoms with Crippen molar-refractivity contribution in [2.24, 2.45) is 5.73 Å². The molecule has 0 spiro atoms. The standard InChI is InChI=1S/C12H13N2/c1-9-8-10(6-7-13)11-4-2-3-5-12(11)14-9/h2-5,7-8H,6,13H2,1H3. The Morgan fingerprint density at radius 2 is 2.14 bits per heavy atom. The molecule has 0 amide bonds. The van der Waals surface area contributed by atoms with Gasteiger partial charge in [0.2, 0.25) is 0 Å². The summed E-state index contributed by atoms with van der Waals surface area (Å²) in [5.41, 5.74) is 8.79. The second-order valence-corrected chi connectivity index (χ2v) is 3.38. The SMILES string of the molecule is Cc1cc(C[CH]N)c2ccccc2n1. The fourth-order valence-corrected chi connectivity index (χ4v) is 1.69. The maximum Gasteiger partial charge on any atom is 0.0707 e. The highest BCUT2D eigenvalue weighted by molar-refractivity contribution is 5.82. The normalized spacial score (nSPS) is 10.7. The smallest absolute Gasteiger partial charge is 0.0707 e. The van der Waals surface area contributed by atoms with E-state index < -0.39 is 0 Å². The largest absolute Gasteiger partial charge is 0.326 e. The van der Waals surface area contributed by atoms with Crippen LogP contribution in [-0.4, -0.2) is 4.98 Å². The summed E-state index contributed by atoms with van der Waals surface area (Å²) in [6.45, 7) is 3.69. The Labute approximate surface area is 83.8 Å². The van der Waals surface area contributed by atoms with Gasteiger partial charge in [-0.3, -0.25) is 4.98 Å². The van der Waals surface area contributed by atoms with Gasteiger partial charge in [-0.25, -0.2) is 0 Å². The van der Waals surface area contributed by atoms with Gasteiger partial charge < -0.3 is 5.73 Å². The van der Waals surface area contributed by atoms with Crippen molar-refractivity contribution < 1.29 is 0 Å². The van der Waals surface area contributed by atoms with Crippen LogP contribution in [0.25, 0.3) is 10.9 Å². The van der Waals surface area contributed by atoms with E-state index in [1.807, 2.05) is 25.1 Å². The van der Waals surface area contributed by atoms with Gasteiger partial charge in [-0.2, -0.15) is 0 Å². The zero-order valence-corrected chi connectivity index (χ0v) is 8.20. The summed E-state index contributed by atoms with van der Waals surface area (Å²) < 4.78 is 0. The molecule has 2 heteroatoms. The van der Waals surface area contributed by atoms with E-state index in [0.29, 0.717) is 0 Å². The molecule has 0 aliphatic heterocycles. The summed E-state index contributed by atoms with van der Waals surface area (Å²) in [5, 5.41) is 1.19. The summed E-state index contributed by atoms with van der Waals surface area (Å²) in [6.07, 6.45) is 0.796. The van der Waals surface area contributed by atoms with Crippen LogP contribution in [0, 0.1) is 13.5 Å². The van der Waals surface area contributed by atoms with Crippen molar-refractivity contribution in [1.29, 1.82) is 0 Å². The van der Waals surface area contributed by atoms with Crippen molar-refractivity contribution in [2.75, 3.05) is 0 Å². The van der Waals surface area contributed by atoms with Crippen LogP contribution < -0.4 is 5.73 Å². The molecular formula is C12H13N2. The number of hydrogen-bond acceptors (Lipinski definition) is 2. The third kappa shape index (κ3) is 1.61. The van der Waals surface area contributed by atoms with E-state index in [1.54, 1.807) is 6.54 Å². The van der Waals surface area contributed by atoms with Gasteiger partial charge in [-0.15, -0.1) is 0 Å². The second-order valence-electron chi connectivity index (χ2n) is 3.38. The average Bonchev–Trinajstić information content (AvgIpc) is 2.18. The highest BCUT2D eigenvalue weighted by atomic mass is 14.7. The van der Waals surface area contributed by atoms with Crippen LogP contribution in [0.2, 0.25) is 0 Å². The summed E-state index contributed by atoms with van der Waals surface area (Å²) >= 11 is 0. The highest BCUT2D eigenvalue weighted by Gasteiger charge is 2.01. The number of pyridine rings is 1. The van der Waals surface area contributed by atoms with Crippen LogP contribution in [0.5, 0.6) is 0 Å². The first-order valence-corrected chi connectivity index (χ1v) is 4.70. The zero-order valence-electron chi connectivity index (χ0n) is 8.20. The summed E-state index contributed by atoms with van der Waals surface area (Å²) in [7, 11) is 0. The molecule has 0 aliphatic rings. The predicted molar refractivity (Wildman–Crippen MR) is 58.7 cm³/mol. The second kappa shape index (κ2) is 3.76. The molecule has 0 saturated carbocycles. The molecule has 2 nitrogen and oxygen atoms in total. The first kappa shape index (κ1) is 9.16. The number of nitrogens with two attached hydrogens (primary N) is 1. The number of aryl methyl sites for hydroxylation is 1. The van der Waals surface area contributed by atoms with Crippen molar-refractivity contribution >= 4 is 10.9 Å². The number of nitrogens with zero attached hydrogens (tertiary/aromatic N) is 1. The van der Waals surface area contributed by atoms with E-state index >= 15 is 0 Å². The molecule has 0 bridgehead atoms. The van der Waals surface area contributed by atoms with E-state index in [-0.39, 0.29) is 0 Å². The Kier molecular flexibility index (Phi) is 2.46. The fourth-order valence-electron chi connectivity index (χ4n) is 1.69. The third-order valence-corrected chi connectivity index (χ3v) is 2.27. The highest BCUT2D eigenvalue weighted by Crippen LogP contribution is 2.18. The topological polar surface area (TPSA) is 38.9 Å². The molecule has 1 aromatic carbocycles. The van der Waals surface area contributed by atoms with Crippen molar-refractivity contribution in [3.63, 3.8) is 0 Å². The molecule has 0 saturated heterocycles. The number of hydrogen-bond donors (Lipinski definition) is 1. The van der Waals surface area contributed by atoms with Gasteiger partial charge in [0.05, 0.1) is 5.52 Å². The van der Waals surface area contributed by atoms with Crippen molar-refractivity contribution in [2.45, 2.75) is 13.3 Å². The lowest BCUT2D eigenvalue weighted by Crippen LogP contribution is -1.97. The van der Waals surface area contributed by atoms with Gasteiger partial charge in [-0.05, 0) is 31.0 Å². The fraction of sp³-hybridized carbons (Fsp3) is 0.167.